The number of carbonyl (C=O) groups excluding carboxylic acids is 2. The van der Waals surface area contributed by atoms with E-state index in [4.69, 9.17) is 0 Å². The summed E-state index contributed by atoms with van der Waals surface area (Å²) in [6, 6.07) is 9.11. The van der Waals surface area contributed by atoms with Crippen LogP contribution in [0, 0.1) is 18.7 Å². The molecule has 0 aliphatic carbocycles. The standard InChI is InChI=1S/C22H26FN3O4S2/c1-16-6-7-19(31-16)22(28)25-14-12-24(13-15-25)21(27)17-8-10-26(11-9-17)32(29,30)20-5-3-2-4-18(20)23/h2-7,17H,8-15H2,1H3. The Hall–Kier alpha value is -2.30. The lowest BCUT2D eigenvalue weighted by atomic mass is 9.96. The number of amides is 2. The molecule has 2 aliphatic rings. The molecule has 2 saturated heterocycles. The van der Waals surface area contributed by atoms with E-state index in [2.05, 4.69) is 0 Å². The summed E-state index contributed by atoms with van der Waals surface area (Å²) in [5.74, 6) is -1.02. The maximum atomic E-state index is 14.0. The van der Waals surface area contributed by atoms with Crippen molar-refractivity contribution in [2.24, 2.45) is 5.92 Å². The number of hydrogen-bond acceptors (Lipinski definition) is 5. The molecule has 0 N–H and O–H groups in total. The Morgan fingerprint density at radius 2 is 1.56 bits per heavy atom. The molecule has 0 unspecified atom stereocenters. The van der Waals surface area contributed by atoms with Crippen molar-refractivity contribution in [3.8, 4) is 0 Å². The number of thiophene rings is 1. The van der Waals surface area contributed by atoms with Crippen LogP contribution in [-0.4, -0.2) is 73.6 Å². The highest BCUT2D eigenvalue weighted by Crippen LogP contribution is 2.27. The van der Waals surface area contributed by atoms with Gasteiger partial charge in [-0.25, -0.2) is 12.8 Å². The van der Waals surface area contributed by atoms with E-state index in [1.807, 2.05) is 19.1 Å². The third kappa shape index (κ3) is 4.57. The van der Waals surface area contributed by atoms with E-state index < -0.39 is 15.8 Å². The molecule has 0 atom stereocenters. The zero-order valence-corrected chi connectivity index (χ0v) is 19.5. The third-order valence-electron chi connectivity index (χ3n) is 6.09. The lowest BCUT2D eigenvalue weighted by Crippen LogP contribution is -2.53. The van der Waals surface area contributed by atoms with Crippen molar-refractivity contribution in [2.75, 3.05) is 39.3 Å². The Morgan fingerprint density at radius 3 is 2.16 bits per heavy atom. The summed E-state index contributed by atoms with van der Waals surface area (Å²) >= 11 is 1.47. The summed E-state index contributed by atoms with van der Waals surface area (Å²) in [6.07, 6.45) is 0.806. The number of benzene rings is 1. The summed E-state index contributed by atoms with van der Waals surface area (Å²) in [5, 5.41) is 0. The van der Waals surface area contributed by atoms with E-state index in [0.717, 1.165) is 10.9 Å². The highest BCUT2D eigenvalue weighted by atomic mass is 32.2. The van der Waals surface area contributed by atoms with E-state index in [1.54, 1.807) is 9.80 Å². The molecule has 0 saturated carbocycles. The molecule has 0 spiro atoms. The first-order chi connectivity index (χ1) is 15.3. The quantitative estimate of drug-likeness (QED) is 0.675. The molecule has 4 rings (SSSR count). The molecule has 7 nitrogen and oxygen atoms in total. The highest BCUT2D eigenvalue weighted by Gasteiger charge is 2.36. The van der Waals surface area contributed by atoms with Crippen LogP contribution in [0.1, 0.15) is 27.4 Å². The van der Waals surface area contributed by atoms with E-state index in [1.165, 1.54) is 33.8 Å². The van der Waals surface area contributed by atoms with E-state index >= 15 is 0 Å². The van der Waals surface area contributed by atoms with Crippen molar-refractivity contribution >= 4 is 33.2 Å². The number of halogens is 1. The monoisotopic (exact) mass is 479 g/mol. The van der Waals surface area contributed by atoms with Gasteiger partial charge in [0.1, 0.15) is 10.7 Å². The Labute approximate surface area is 191 Å². The maximum Gasteiger partial charge on any atom is 0.264 e. The van der Waals surface area contributed by atoms with Crippen LogP contribution >= 0.6 is 11.3 Å². The molecule has 2 amide bonds. The lowest BCUT2D eigenvalue weighted by Gasteiger charge is -2.38. The second-order valence-electron chi connectivity index (χ2n) is 8.14. The van der Waals surface area contributed by atoms with Gasteiger partial charge in [-0.15, -0.1) is 11.3 Å². The second-order valence-corrected chi connectivity index (χ2v) is 11.3. The Balaban J connectivity index is 1.31. The molecular formula is C22H26FN3O4S2. The first kappa shape index (κ1) is 22.9. The summed E-state index contributed by atoms with van der Waals surface area (Å²) < 4.78 is 40.8. The summed E-state index contributed by atoms with van der Waals surface area (Å²) in [7, 11) is -3.92. The van der Waals surface area contributed by atoms with E-state index in [0.29, 0.717) is 43.9 Å². The Morgan fingerprint density at radius 1 is 0.938 bits per heavy atom. The van der Waals surface area contributed by atoms with Gasteiger partial charge in [0.05, 0.1) is 4.88 Å². The van der Waals surface area contributed by atoms with Crippen molar-refractivity contribution in [1.82, 2.24) is 14.1 Å². The fourth-order valence-corrected chi connectivity index (χ4v) is 6.60. The number of hydrogen-bond donors (Lipinski definition) is 0. The number of aryl methyl sites for hydroxylation is 1. The molecule has 3 heterocycles. The number of piperazine rings is 1. The number of sulfonamides is 1. The SMILES string of the molecule is Cc1ccc(C(=O)N2CCN(C(=O)C3CCN(S(=O)(=O)c4ccccc4F)CC3)CC2)s1. The molecule has 0 radical (unpaired) electrons. The predicted octanol–water partition coefficient (Wildman–Crippen LogP) is 2.58. The Kier molecular flexibility index (Phi) is 6.64. The van der Waals surface area contributed by atoms with Gasteiger partial charge in [-0.2, -0.15) is 4.31 Å². The molecule has 172 valence electrons. The largest absolute Gasteiger partial charge is 0.339 e. The Bertz CT molecular complexity index is 1100. The van der Waals surface area contributed by atoms with Gasteiger partial charge in [0, 0.05) is 50.1 Å². The van der Waals surface area contributed by atoms with E-state index in [-0.39, 0.29) is 35.7 Å². The minimum atomic E-state index is -3.92. The maximum absolute atomic E-state index is 14.0. The molecule has 1 aromatic heterocycles. The fraction of sp³-hybridized carbons (Fsp3) is 0.455. The summed E-state index contributed by atoms with van der Waals surface area (Å²) in [5.41, 5.74) is 0. The van der Waals surface area contributed by atoms with Crippen LogP contribution in [0.5, 0.6) is 0 Å². The van der Waals surface area contributed by atoms with Crippen molar-refractivity contribution in [2.45, 2.75) is 24.7 Å². The van der Waals surface area contributed by atoms with Gasteiger partial charge in [-0.05, 0) is 44.0 Å². The molecule has 1 aromatic carbocycles. The second kappa shape index (κ2) is 9.29. The molecule has 2 fully saturated rings. The van der Waals surface area contributed by atoms with Crippen LogP contribution in [0.2, 0.25) is 0 Å². The zero-order valence-electron chi connectivity index (χ0n) is 17.9. The number of rotatable bonds is 4. The van der Waals surface area contributed by atoms with Crippen LogP contribution in [0.4, 0.5) is 4.39 Å². The van der Waals surface area contributed by atoms with Crippen LogP contribution < -0.4 is 0 Å². The van der Waals surface area contributed by atoms with Gasteiger partial charge in [-0.1, -0.05) is 12.1 Å². The number of carbonyl (C=O) groups is 2. The smallest absolute Gasteiger partial charge is 0.264 e. The minimum absolute atomic E-state index is 0.00172. The fourth-order valence-electron chi connectivity index (χ4n) is 4.23. The van der Waals surface area contributed by atoms with Gasteiger partial charge in [0.2, 0.25) is 15.9 Å². The topological polar surface area (TPSA) is 78.0 Å². The normalized spacial score (nSPS) is 18.7. The van der Waals surface area contributed by atoms with Crippen molar-refractivity contribution < 1.29 is 22.4 Å². The number of nitrogens with zero attached hydrogens (tertiary/aromatic N) is 3. The molecular weight excluding hydrogens is 453 g/mol. The van der Waals surface area contributed by atoms with Gasteiger partial charge < -0.3 is 9.80 Å². The van der Waals surface area contributed by atoms with Gasteiger partial charge >= 0.3 is 0 Å². The van der Waals surface area contributed by atoms with Gasteiger partial charge in [0.15, 0.2) is 0 Å². The molecule has 10 heteroatoms. The average Bonchev–Trinajstić information content (AvgIpc) is 3.25. The molecule has 0 bridgehead atoms. The van der Waals surface area contributed by atoms with E-state index in [9.17, 15) is 22.4 Å². The van der Waals surface area contributed by atoms with Crippen LogP contribution in [0.3, 0.4) is 0 Å². The van der Waals surface area contributed by atoms with Crippen LogP contribution in [0.15, 0.2) is 41.3 Å². The van der Waals surface area contributed by atoms with Gasteiger partial charge in [0.25, 0.3) is 5.91 Å². The first-order valence-electron chi connectivity index (χ1n) is 10.7. The zero-order chi connectivity index (χ0) is 22.9. The number of piperidine rings is 1. The van der Waals surface area contributed by atoms with Crippen LogP contribution in [-0.2, 0) is 14.8 Å². The van der Waals surface area contributed by atoms with Crippen molar-refractivity contribution in [1.29, 1.82) is 0 Å². The molecule has 2 aliphatic heterocycles. The van der Waals surface area contributed by atoms with Crippen LogP contribution in [0.25, 0.3) is 0 Å². The average molecular weight is 480 g/mol. The lowest BCUT2D eigenvalue weighted by molar-refractivity contribution is -0.138. The minimum Gasteiger partial charge on any atom is -0.339 e. The van der Waals surface area contributed by atoms with Gasteiger partial charge in [-0.3, -0.25) is 9.59 Å². The van der Waals surface area contributed by atoms with Crippen molar-refractivity contribution in [3.05, 3.63) is 52.0 Å². The summed E-state index contributed by atoms with van der Waals surface area (Å²) in [4.78, 5) is 30.6. The summed E-state index contributed by atoms with van der Waals surface area (Å²) in [6.45, 7) is 4.26. The molecule has 2 aromatic rings. The predicted molar refractivity (Wildman–Crippen MR) is 119 cm³/mol. The molecule has 32 heavy (non-hydrogen) atoms. The third-order valence-corrected chi connectivity index (χ3v) is 9.01. The van der Waals surface area contributed by atoms with Crippen molar-refractivity contribution in [3.63, 3.8) is 0 Å². The highest BCUT2D eigenvalue weighted by molar-refractivity contribution is 7.89. The first-order valence-corrected chi connectivity index (χ1v) is 12.9.